The summed E-state index contributed by atoms with van der Waals surface area (Å²) >= 11 is 1.60. The van der Waals surface area contributed by atoms with Crippen LogP contribution in [0.5, 0.6) is 5.75 Å². The second-order valence-corrected chi connectivity index (χ2v) is 6.37. The summed E-state index contributed by atoms with van der Waals surface area (Å²) in [5, 5.41) is 3.82. The number of hydrogen-bond donors (Lipinski definition) is 1. The Kier molecular flexibility index (Phi) is 3.55. The van der Waals surface area contributed by atoms with Crippen LogP contribution in [-0.4, -0.2) is 17.5 Å². The molecule has 0 saturated heterocycles. The second kappa shape index (κ2) is 5.85. The van der Waals surface area contributed by atoms with E-state index in [-0.39, 0.29) is 5.91 Å². The van der Waals surface area contributed by atoms with E-state index in [0.29, 0.717) is 18.7 Å². The fourth-order valence-corrected chi connectivity index (χ4v) is 3.42. The van der Waals surface area contributed by atoms with Crippen LogP contribution < -0.4 is 10.1 Å². The molecule has 0 radical (unpaired) electrons. The molecule has 114 valence electrons. The van der Waals surface area contributed by atoms with Crippen molar-refractivity contribution in [1.82, 2.24) is 10.3 Å². The number of thiazole rings is 1. The van der Waals surface area contributed by atoms with E-state index in [9.17, 15) is 4.79 Å². The molecule has 1 aromatic heterocycles. The first-order valence-electron chi connectivity index (χ1n) is 7.35. The molecule has 4 nitrogen and oxygen atoms in total. The lowest BCUT2D eigenvalue weighted by Gasteiger charge is -2.17. The predicted molar refractivity (Wildman–Crippen MR) is 91.4 cm³/mol. The number of benzene rings is 2. The molecule has 23 heavy (non-hydrogen) atoms. The molecule has 0 spiro atoms. The maximum atomic E-state index is 12.3. The van der Waals surface area contributed by atoms with Gasteiger partial charge in [-0.25, -0.2) is 4.98 Å². The fraction of sp³-hybridized carbons (Fsp3) is 0.111. The number of amides is 1. The standard InChI is InChI=1S/C18H14N2O2S/c21-18(13-9-12-5-1-3-7-15(12)22-11-13)19-10-17-20-14-6-2-4-8-16(14)23-17/h1-9H,10-11H2,(H,19,21). The topological polar surface area (TPSA) is 51.2 Å². The first-order valence-corrected chi connectivity index (χ1v) is 8.16. The fourth-order valence-electron chi connectivity index (χ4n) is 2.51. The van der Waals surface area contributed by atoms with Crippen molar-refractivity contribution in [2.24, 2.45) is 0 Å². The molecular formula is C18H14N2O2S. The van der Waals surface area contributed by atoms with Crippen molar-refractivity contribution in [3.05, 3.63) is 64.7 Å². The van der Waals surface area contributed by atoms with Crippen molar-refractivity contribution in [1.29, 1.82) is 0 Å². The van der Waals surface area contributed by atoms with E-state index in [1.54, 1.807) is 11.3 Å². The predicted octanol–water partition coefficient (Wildman–Crippen LogP) is 3.39. The van der Waals surface area contributed by atoms with Gasteiger partial charge in [-0.2, -0.15) is 0 Å². The van der Waals surface area contributed by atoms with E-state index in [0.717, 1.165) is 26.5 Å². The molecule has 0 bridgehead atoms. The van der Waals surface area contributed by atoms with E-state index >= 15 is 0 Å². The molecule has 1 N–H and O–H groups in total. The molecule has 2 heterocycles. The van der Waals surface area contributed by atoms with E-state index in [4.69, 9.17) is 4.74 Å². The summed E-state index contributed by atoms with van der Waals surface area (Å²) in [7, 11) is 0. The van der Waals surface area contributed by atoms with Gasteiger partial charge in [0.25, 0.3) is 5.91 Å². The van der Waals surface area contributed by atoms with E-state index in [1.807, 2.05) is 54.6 Å². The van der Waals surface area contributed by atoms with Crippen LogP contribution in [0.2, 0.25) is 0 Å². The lowest BCUT2D eigenvalue weighted by molar-refractivity contribution is -0.117. The van der Waals surface area contributed by atoms with Crippen molar-refractivity contribution in [2.45, 2.75) is 6.54 Å². The molecule has 0 atom stereocenters. The molecule has 5 heteroatoms. The zero-order valence-corrected chi connectivity index (χ0v) is 13.1. The maximum absolute atomic E-state index is 12.3. The molecule has 1 aliphatic heterocycles. The highest BCUT2D eigenvalue weighted by Gasteiger charge is 2.17. The van der Waals surface area contributed by atoms with Crippen molar-refractivity contribution in [3.8, 4) is 5.75 Å². The molecule has 0 fully saturated rings. The van der Waals surface area contributed by atoms with Crippen molar-refractivity contribution in [2.75, 3.05) is 6.61 Å². The van der Waals surface area contributed by atoms with Gasteiger partial charge >= 0.3 is 0 Å². The Bertz CT molecular complexity index is 881. The highest BCUT2D eigenvalue weighted by Crippen LogP contribution is 2.26. The molecule has 0 aliphatic carbocycles. The highest BCUT2D eigenvalue weighted by molar-refractivity contribution is 7.18. The smallest absolute Gasteiger partial charge is 0.251 e. The van der Waals surface area contributed by atoms with Crippen LogP contribution in [0.15, 0.2) is 54.1 Å². The molecule has 1 aliphatic rings. The van der Waals surface area contributed by atoms with Gasteiger partial charge in [-0.15, -0.1) is 11.3 Å². The van der Waals surface area contributed by atoms with Gasteiger partial charge in [-0.1, -0.05) is 30.3 Å². The SMILES string of the molecule is O=C(NCc1nc2ccccc2s1)C1=Cc2ccccc2OC1. The van der Waals surface area contributed by atoms with Gasteiger partial charge in [-0.05, 0) is 24.3 Å². The second-order valence-electron chi connectivity index (χ2n) is 5.25. The van der Waals surface area contributed by atoms with Gasteiger partial charge in [-0.3, -0.25) is 4.79 Å². The number of carbonyl (C=O) groups is 1. The summed E-state index contributed by atoms with van der Waals surface area (Å²) in [4.78, 5) is 16.8. The van der Waals surface area contributed by atoms with Gasteiger partial charge in [0.15, 0.2) is 0 Å². The number of ether oxygens (including phenoxy) is 1. The molecular weight excluding hydrogens is 308 g/mol. The lowest BCUT2D eigenvalue weighted by Crippen LogP contribution is -2.28. The van der Waals surface area contributed by atoms with Crippen molar-refractivity contribution >= 4 is 33.5 Å². The molecule has 3 aromatic rings. The molecule has 0 saturated carbocycles. The quantitative estimate of drug-likeness (QED) is 0.804. The van der Waals surface area contributed by atoms with Gasteiger partial charge in [0, 0.05) is 5.56 Å². The van der Waals surface area contributed by atoms with Gasteiger partial charge in [0.1, 0.15) is 17.4 Å². The molecule has 0 unspecified atom stereocenters. The minimum atomic E-state index is -0.112. The first kappa shape index (κ1) is 14.0. The third-order valence-corrected chi connectivity index (χ3v) is 4.70. The molecule has 1 amide bonds. The van der Waals surface area contributed by atoms with Crippen LogP contribution >= 0.6 is 11.3 Å². The number of aromatic nitrogens is 1. The Labute approximate surface area is 137 Å². The minimum absolute atomic E-state index is 0.112. The summed E-state index contributed by atoms with van der Waals surface area (Å²) < 4.78 is 6.75. The number of para-hydroxylation sites is 2. The monoisotopic (exact) mass is 322 g/mol. The summed E-state index contributed by atoms with van der Waals surface area (Å²) in [6, 6.07) is 15.7. The number of carbonyl (C=O) groups excluding carboxylic acids is 1. The summed E-state index contributed by atoms with van der Waals surface area (Å²) in [6.07, 6.45) is 1.88. The van der Waals surface area contributed by atoms with Crippen LogP contribution in [0.4, 0.5) is 0 Å². The molecule has 4 rings (SSSR count). The van der Waals surface area contributed by atoms with Gasteiger partial charge in [0.2, 0.25) is 0 Å². The largest absolute Gasteiger partial charge is 0.488 e. The summed E-state index contributed by atoms with van der Waals surface area (Å²) in [5.74, 6) is 0.703. The summed E-state index contributed by atoms with van der Waals surface area (Å²) in [6.45, 7) is 0.722. The van der Waals surface area contributed by atoms with E-state index in [2.05, 4.69) is 10.3 Å². The van der Waals surface area contributed by atoms with Crippen LogP contribution in [0.3, 0.4) is 0 Å². The Morgan fingerprint density at radius 1 is 1.17 bits per heavy atom. The van der Waals surface area contributed by atoms with Gasteiger partial charge < -0.3 is 10.1 Å². The highest BCUT2D eigenvalue weighted by atomic mass is 32.1. The number of nitrogens with zero attached hydrogens (tertiary/aromatic N) is 1. The summed E-state index contributed by atoms with van der Waals surface area (Å²) in [5.41, 5.74) is 2.53. The normalized spacial score (nSPS) is 13.1. The minimum Gasteiger partial charge on any atom is -0.488 e. The Balaban J connectivity index is 1.47. The average molecular weight is 322 g/mol. The van der Waals surface area contributed by atoms with E-state index in [1.165, 1.54) is 0 Å². The average Bonchev–Trinajstić information content (AvgIpc) is 3.02. The van der Waals surface area contributed by atoms with Crippen LogP contribution in [-0.2, 0) is 11.3 Å². The number of fused-ring (bicyclic) bond motifs is 2. The maximum Gasteiger partial charge on any atom is 0.251 e. The Morgan fingerprint density at radius 3 is 2.91 bits per heavy atom. The zero-order valence-electron chi connectivity index (χ0n) is 12.3. The van der Waals surface area contributed by atoms with Crippen LogP contribution in [0, 0.1) is 0 Å². The van der Waals surface area contributed by atoms with Crippen LogP contribution in [0.25, 0.3) is 16.3 Å². The third-order valence-electron chi connectivity index (χ3n) is 3.66. The van der Waals surface area contributed by atoms with Crippen LogP contribution in [0.1, 0.15) is 10.6 Å². The third kappa shape index (κ3) is 2.83. The number of nitrogens with one attached hydrogen (secondary N) is 1. The van der Waals surface area contributed by atoms with Crippen molar-refractivity contribution in [3.63, 3.8) is 0 Å². The number of rotatable bonds is 3. The Morgan fingerprint density at radius 2 is 2.00 bits per heavy atom. The van der Waals surface area contributed by atoms with Crippen molar-refractivity contribution < 1.29 is 9.53 Å². The van der Waals surface area contributed by atoms with E-state index < -0.39 is 0 Å². The zero-order chi connectivity index (χ0) is 15.6. The first-order chi connectivity index (χ1) is 11.3. The Hall–Kier alpha value is -2.66. The lowest BCUT2D eigenvalue weighted by atomic mass is 10.1. The van der Waals surface area contributed by atoms with Gasteiger partial charge in [0.05, 0.1) is 22.3 Å². The number of hydrogen-bond acceptors (Lipinski definition) is 4. The molecule has 2 aromatic carbocycles.